The van der Waals surface area contributed by atoms with Gasteiger partial charge in [0, 0.05) is 10.6 Å². The van der Waals surface area contributed by atoms with Crippen molar-refractivity contribution in [2.24, 2.45) is 5.73 Å². The molecule has 0 saturated carbocycles. The number of benzene rings is 2. The van der Waals surface area contributed by atoms with Crippen LogP contribution in [0.15, 0.2) is 59.5 Å². The summed E-state index contributed by atoms with van der Waals surface area (Å²) in [6, 6.07) is 17.7. The standard InChI is InChI=1S/C17H21NO2S/c1-20-15-9-5-6-10-16(15)21-12-11-17(18,13-19)14-7-3-2-4-8-14/h2-10,19H,11-13,18H2,1H3. The largest absolute Gasteiger partial charge is 0.496 e. The maximum absolute atomic E-state index is 9.68. The Bertz CT molecular complexity index is 562. The summed E-state index contributed by atoms with van der Waals surface area (Å²) in [6.07, 6.45) is 0.691. The predicted octanol–water partition coefficient (Wildman–Crippen LogP) is 3.02. The van der Waals surface area contributed by atoms with Crippen LogP contribution in [0.3, 0.4) is 0 Å². The van der Waals surface area contributed by atoms with Crippen molar-refractivity contribution in [3.8, 4) is 5.75 Å². The number of methoxy groups -OCH3 is 1. The molecule has 1 atom stereocenters. The zero-order chi connectivity index (χ0) is 15.1. The lowest BCUT2D eigenvalue weighted by Crippen LogP contribution is -2.41. The van der Waals surface area contributed by atoms with Crippen LogP contribution in [0.5, 0.6) is 5.75 Å². The summed E-state index contributed by atoms with van der Waals surface area (Å²) in [5.74, 6) is 1.68. The van der Waals surface area contributed by atoms with Crippen LogP contribution in [0.25, 0.3) is 0 Å². The maximum atomic E-state index is 9.68. The Kier molecular flexibility index (Phi) is 5.67. The summed E-state index contributed by atoms with van der Waals surface area (Å²) in [6.45, 7) is -0.0660. The number of para-hydroxylation sites is 1. The van der Waals surface area contributed by atoms with E-state index in [1.165, 1.54) is 0 Å². The third kappa shape index (κ3) is 4.00. The zero-order valence-corrected chi connectivity index (χ0v) is 13.0. The number of hydrogen-bond acceptors (Lipinski definition) is 4. The molecular weight excluding hydrogens is 282 g/mol. The molecule has 0 heterocycles. The fourth-order valence-electron chi connectivity index (χ4n) is 2.17. The van der Waals surface area contributed by atoms with E-state index in [1.54, 1.807) is 18.9 Å². The van der Waals surface area contributed by atoms with Crippen LogP contribution in [0.2, 0.25) is 0 Å². The van der Waals surface area contributed by atoms with Crippen molar-refractivity contribution in [1.29, 1.82) is 0 Å². The molecular formula is C17H21NO2S. The van der Waals surface area contributed by atoms with Gasteiger partial charge in [-0.05, 0) is 24.1 Å². The fraction of sp³-hybridized carbons (Fsp3) is 0.294. The van der Waals surface area contributed by atoms with Crippen molar-refractivity contribution in [2.45, 2.75) is 16.9 Å². The van der Waals surface area contributed by atoms with E-state index >= 15 is 0 Å². The van der Waals surface area contributed by atoms with Gasteiger partial charge in [-0.3, -0.25) is 0 Å². The van der Waals surface area contributed by atoms with Gasteiger partial charge in [-0.1, -0.05) is 42.5 Å². The summed E-state index contributed by atoms with van der Waals surface area (Å²) < 4.78 is 5.34. The van der Waals surface area contributed by atoms with Gasteiger partial charge in [0.2, 0.25) is 0 Å². The van der Waals surface area contributed by atoms with Crippen molar-refractivity contribution in [3.05, 3.63) is 60.2 Å². The molecule has 0 fully saturated rings. The molecule has 1 unspecified atom stereocenters. The Balaban J connectivity index is 2.01. The quantitative estimate of drug-likeness (QED) is 0.772. The molecule has 2 aromatic rings. The highest BCUT2D eigenvalue weighted by atomic mass is 32.2. The SMILES string of the molecule is COc1ccccc1SCCC(N)(CO)c1ccccc1. The first-order chi connectivity index (χ1) is 10.2. The Hall–Kier alpha value is -1.49. The number of aliphatic hydroxyl groups is 1. The van der Waals surface area contributed by atoms with E-state index < -0.39 is 5.54 Å². The third-order valence-corrected chi connectivity index (χ3v) is 4.56. The number of thioether (sulfide) groups is 1. The molecule has 2 aromatic carbocycles. The predicted molar refractivity (Wildman–Crippen MR) is 87.7 cm³/mol. The van der Waals surface area contributed by atoms with E-state index in [0.717, 1.165) is 22.0 Å². The van der Waals surface area contributed by atoms with Gasteiger partial charge in [0.05, 0.1) is 19.3 Å². The van der Waals surface area contributed by atoms with Crippen LogP contribution in [-0.4, -0.2) is 24.6 Å². The van der Waals surface area contributed by atoms with Crippen molar-refractivity contribution in [2.75, 3.05) is 19.5 Å². The van der Waals surface area contributed by atoms with Crippen molar-refractivity contribution in [1.82, 2.24) is 0 Å². The van der Waals surface area contributed by atoms with Crippen molar-refractivity contribution < 1.29 is 9.84 Å². The van der Waals surface area contributed by atoms with E-state index in [1.807, 2.05) is 54.6 Å². The van der Waals surface area contributed by atoms with Gasteiger partial charge in [-0.2, -0.15) is 0 Å². The van der Waals surface area contributed by atoms with E-state index in [0.29, 0.717) is 6.42 Å². The second-order valence-electron chi connectivity index (χ2n) is 4.93. The first-order valence-electron chi connectivity index (χ1n) is 6.91. The van der Waals surface area contributed by atoms with Gasteiger partial charge in [0.25, 0.3) is 0 Å². The normalized spacial score (nSPS) is 13.7. The molecule has 0 bridgehead atoms. The molecule has 112 valence electrons. The molecule has 0 amide bonds. The lowest BCUT2D eigenvalue weighted by molar-refractivity contribution is 0.193. The molecule has 4 heteroatoms. The average molecular weight is 303 g/mol. The number of rotatable bonds is 7. The molecule has 21 heavy (non-hydrogen) atoms. The summed E-state index contributed by atoms with van der Waals surface area (Å²) in [4.78, 5) is 1.09. The molecule has 0 aliphatic heterocycles. The first kappa shape index (κ1) is 15.9. The van der Waals surface area contributed by atoms with Gasteiger partial charge in [0.15, 0.2) is 0 Å². The molecule has 0 radical (unpaired) electrons. The lowest BCUT2D eigenvalue weighted by atomic mass is 9.89. The number of nitrogens with two attached hydrogens (primary N) is 1. The summed E-state index contributed by atoms with van der Waals surface area (Å²) in [7, 11) is 1.67. The summed E-state index contributed by atoms with van der Waals surface area (Å²) >= 11 is 1.69. The number of aliphatic hydroxyl groups excluding tert-OH is 1. The van der Waals surface area contributed by atoms with Gasteiger partial charge < -0.3 is 15.6 Å². The Morgan fingerprint density at radius 1 is 1.10 bits per heavy atom. The molecule has 0 aliphatic rings. The van der Waals surface area contributed by atoms with Crippen LogP contribution in [0, 0.1) is 0 Å². The van der Waals surface area contributed by atoms with Gasteiger partial charge >= 0.3 is 0 Å². The average Bonchev–Trinajstić information content (AvgIpc) is 2.56. The first-order valence-corrected chi connectivity index (χ1v) is 7.89. The monoisotopic (exact) mass is 303 g/mol. The third-order valence-electron chi connectivity index (χ3n) is 3.51. The summed E-state index contributed by atoms with van der Waals surface area (Å²) in [5.41, 5.74) is 6.63. The van der Waals surface area contributed by atoms with E-state index in [2.05, 4.69) is 0 Å². The van der Waals surface area contributed by atoms with Crippen LogP contribution in [-0.2, 0) is 5.54 Å². The van der Waals surface area contributed by atoms with Gasteiger partial charge in [-0.25, -0.2) is 0 Å². The second-order valence-corrected chi connectivity index (χ2v) is 6.07. The van der Waals surface area contributed by atoms with E-state index in [-0.39, 0.29) is 6.61 Å². The molecule has 3 N–H and O–H groups in total. The van der Waals surface area contributed by atoms with Crippen LogP contribution in [0.4, 0.5) is 0 Å². The number of hydrogen-bond donors (Lipinski definition) is 2. The lowest BCUT2D eigenvalue weighted by Gasteiger charge is -2.27. The Morgan fingerprint density at radius 2 is 1.76 bits per heavy atom. The van der Waals surface area contributed by atoms with Crippen LogP contribution < -0.4 is 10.5 Å². The van der Waals surface area contributed by atoms with Gasteiger partial charge in [-0.15, -0.1) is 11.8 Å². The molecule has 2 rings (SSSR count). The smallest absolute Gasteiger partial charge is 0.132 e. The highest BCUT2D eigenvalue weighted by Crippen LogP contribution is 2.31. The van der Waals surface area contributed by atoms with Crippen molar-refractivity contribution >= 4 is 11.8 Å². The summed E-state index contributed by atoms with van der Waals surface area (Å²) in [5, 5.41) is 9.68. The fourth-order valence-corrected chi connectivity index (χ4v) is 3.32. The van der Waals surface area contributed by atoms with Crippen LogP contribution in [0.1, 0.15) is 12.0 Å². The highest BCUT2D eigenvalue weighted by molar-refractivity contribution is 7.99. The minimum Gasteiger partial charge on any atom is -0.496 e. The van der Waals surface area contributed by atoms with E-state index in [4.69, 9.17) is 10.5 Å². The minimum absolute atomic E-state index is 0.0660. The van der Waals surface area contributed by atoms with E-state index in [9.17, 15) is 5.11 Å². The Morgan fingerprint density at radius 3 is 2.43 bits per heavy atom. The second kappa shape index (κ2) is 7.50. The topological polar surface area (TPSA) is 55.5 Å². The molecule has 0 saturated heterocycles. The van der Waals surface area contributed by atoms with Crippen LogP contribution >= 0.6 is 11.8 Å². The highest BCUT2D eigenvalue weighted by Gasteiger charge is 2.26. The molecule has 0 spiro atoms. The number of ether oxygens (including phenoxy) is 1. The minimum atomic E-state index is -0.698. The van der Waals surface area contributed by atoms with Gasteiger partial charge in [0.1, 0.15) is 5.75 Å². The Labute approximate surface area is 130 Å². The molecule has 3 nitrogen and oxygen atoms in total. The molecule has 0 aliphatic carbocycles. The molecule has 0 aromatic heterocycles. The maximum Gasteiger partial charge on any atom is 0.132 e. The van der Waals surface area contributed by atoms with Crippen molar-refractivity contribution in [3.63, 3.8) is 0 Å². The zero-order valence-electron chi connectivity index (χ0n) is 12.2.